The molecular weight excluding hydrogens is 182 g/mol. The fourth-order valence-electron chi connectivity index (χ4n) is 0.979. The number of amides is 1. The van der Waals surface area contributed by atoms with Gasteiger partial charge >= 0.3 is 0 Å². The Morgan fingerprint density at radius 1 is 1.36 bits per heavy atom. The zero-order valence-corrected chi connectivity index (χ0v) is 7.77. The van der Waals surface area contributed by atoms with E-state index in [1.54, 1.807) is 24.3 Å². The van der Waals surface area contributed by atoms with E-state index in [1.165, 1.54) is 0 Å². The number of aromatic hydroxyl groups is 1. The van der Waals surface area contributed by atoms with Gasteiger partial charge in [0.1, 0.15) is 11.5 Å². The first-order valence-corrected chi connectivity index (χ1v) is 4.38. The van der Waals surface area contributed by atoms with E-state index in [2.05, 4.69) is 0 Å². The number of primary amides is 1. The quantitative estimate of drug-likeness (QED) is 0.689. The van der Waals surface area contributed by atoms with Crippen LogP contribution in [0.4, 0.5) is 0 Å². The minimum absolute atomic E-state index is 0.203. The molecule has 1 aromatic carbocycles. The van der Waals surface area contributed by atoms with Crippen LogP contribution in [0.5, 0.6) is 11.5 Å². The molecule has 0 heterocycles. The maximum atomic E-state index is 10.4. The average Bonchev–Trinajstić information content (AvgIpc) is 2.15. The molecular formula is C10H13NO3. The Morgan fingerprint density at radius 3 is 2.57 bits per heavy atom. The predicted octanol–water partition coefficient (Wildman–Crippen LogP) is 1.04. The topological polar surface area (TPSA) is 72.6 Å². The van der Waals surface area contributed by atoms with Crippen molar-refractivity contribution in [3.05, 3.63) is 24.3 Å². The smallest absolute Gasteiger partial charge is 0.217 e. The van der Waals surface area contributed by atoms with Crippen LogP contribution in [0.2, 0.25) is 0 Å². The molecule has 0 aromatic heterocycles. The van der Waals surface area contributed by atoms with Crippen LogP contribution in [0.25, 0.3) is 0 Å². The molecule has 4 nitrogen and oxygen atoms in total. The normalized spacial score (nSPS) is 9.71. The Bertz CT molecular complexity index is 295. The highest BCUT2D eigenvalue weighted by molar-refractivity contribution is 5.73. The van der Waals surface area contributed by atoms with Crippen LogP contribution < -0.4 is 10.5 Å². The third kappa shape index (κ3) is 3.80. The van der Waals surface area contributed by atoms with Crippen LogP contribution in [0.15, 0.2) is 24.3 Å². The van der Waals surface area contributed by atoms with Gasteiger partial charge in [0.25, 0.3) is 0 Å². The maximum absolute atomic E-state index is 10.4. The van der Waals surface area contributed by atoms with E-state index in [4.69, 9.17) is 15.6 Å². The van der Waals surface area contributed by atoms with E-state index in [-0.39, 0.29) is 11.7 Å². The van der Waals surface area contributed by atoms with Crippen LogP contribution in [-0.2, 0) is 4.79 Å². The van der Waals surface area contributed by atoms with Crippen molar-refractivity contribution in [2.45, 2.75) is 12.8 Å². The Balaban J connectivity index is 2.25. The van der Waals surface area contributed by atoms with Crippen LogP contribution in [0.3, 0.4) is 0 Å². The summed E-state index contributed by atoms with van der Waals surface area (Å²) >= 11 is 0. The molecule has 0 saturated carbocycles. The molecule has 1 aromatic rings. The number of carbonyl (C=O) groups excluding carboxylic acids is 1. The lowest BCUT2D eigenvalue weighted by Crippen LogP contribution is -2.11. The van der Waals surface area contributed by atoms with Crippen LogP contribution in [0, 0.1) is 0 Å². The maximum Gasteiger partial charge on any atom is 0.217 e. The van der Waals surface area contributed by atoms with Gasteiger partial charge in [0.2, 0.25) is 5.91 Å². The first-order valence-electron chi connectivity index (χ1n) is 4.38. The fourth-order valence-corrected chi connectivity index (χ4v) is 0.979. The van der Waals surface area contributed by atoms with E-state index >= 15 is 0 Å². The molecule has 1 rings (SSSR count). The Morgan fingerprint density at radius 2 is 2.00 bits per heavy atom. The molecule has 0 unspecified atom stereocenters. The van der Waals surface area contributed by atoms with Gasteiger partial charge < -0.3 is 15.6 Å². The van der Waals surface area contributed by atoms with Gasteiger partial charge in [-0.05, 0) is 30.7 Å². The Labute approximate surface area is 82.3 Å². The number of nitrogens with two attached hydrogens (primary N) is 1. The molecule has 76 valence electrons. The summed E-state index contributed by atoms with van der Waals surface area (Å²) < 4.78 is 5.29. The second-order valence-corrected chi connectivity index (χ2v) is 2.91. The van der Waals surface area contributed by atoms with Gasteiger partial charge in [-0.15, -0.1) is 0 Å². The van der Waals surface area contributed by atoms with Crippen molar-refractivity contribution in [2.24, 2.45) is 5.73 Å². The summed E-state index contributed by atoms with van der Waals surface area (Å²) in [5.74, 6) is 0.557. The van der Waals surface area contributed by atoms with Crippen LogP contribution >= 0.6 is 0 Å². The molecule has 14 heavy (non-hydrogen) atoms. The summed E-state index contributed by atoms with van der Waals surface area (Å²) in [5.41, 5.74) is 4.96. The highest BCUT2D eigenvalue weighted by atomic mass is 16.5. The number of phenols is 1. The van der Waals surface area contributed by atoms with Crippen molar-refractivity contribution >= 4 is 5.91 Å². The molecule has 0 radical (unpaired) electrons. The molecule has 3 N–H and O–H groups in total. The monoisotopic (exact) mass is 195 g/mol. The van der Waals surface area contributed by atoms with E-state index in [0.29, 0.717) is 25.2 Å². The Hall–Kier alpha value is -1.71. The van der Waals surface area contributed by atoms with Gasteiger partial charge in [-0.1, -0.05) is 0 Å². The molecule has 0 atom stereocenters. The number of ether oxygens (including phenoxy) is 1. The number of carbonyl (C=O) groups is 1. The summed E-state index contributed by atoms with van der Waals surface area (Å²) in [6, 6.07) is 6.42. The van der Waals surface area contributed by atoms with Crippen molar-refractivity contribution < 1.29 is 14.6 Å². The molecule has 0 fully saturated rings. The van der Waals surface area contributed by atoms with E-state index in [0.717, 1.165) is 0 Å². The third-order valence-electron chi connectivity index (χ3n) is 1.67. The molecule has 0 bridgehead atoms. The number of hydrogen-bond acceptors (Lipinski definition) is 3. The third-order valence-corrected chi connectivity index (χ3v) is 1.67. The van der Waals surface area contributed by atoms with Crippen molar-refractivity contribution in [1.82, 2.24) is 0 Å². The fraction of sp³-hybridized carbons (Fsp3) is 0.300. The molecule has 1 amide bonds. The summed E-state index contributed by atoms with van der Waals surface area (Å²) in [6.45, 7) is 0.452. The van der Waals surface area contributed by atoms with Gasteiger partial charge in [-0.3, -0.25) is 4.79 Å². The average molecular weight is 195 g/mol. The van der Waals surface area contributed by atoms with Crippen molar-refractivity contribution in [2.75, 3.05) is 6.61 Å². The molecule has 4 heteroatoms. The van der Waals surface area contributed by atoms with Gasteiger partial charge in [0, 0.05) is 6.42 Å². The van der Waals surface area contributed by atoms with Crippen molar-refractivity contribution in [3.63, 3.8) is 0 Å². The van der Waals surface area contributed by atoms with E-state index in [1.807, 2.05) is 0 Å². The first kappa shape index (κ1) is 10.4. The molecule has 0 saturated heterocycles. The van der Waals surface area contributed by atoms with Crippen LogP contribution in [0.1, 0.15) is 12.8 Å². The number of phenolic OH excluding ortho intramolecular Hbond substituents is 1. The predicted molar refractivity (Wildman–Crippen MR) is 52.0 cm³/mol. The molecule has 0 spiro atoms. The summed E-state index contributed by atoms with van der Waals surface area (Å²) in [4.78, 5) is 10.4. The second kappa shape index (κ2) is 5.11. The largest absolute Gasteiger partial charge is 0.508 e. The second-order valence-electron chi connectivity index (χ2n) is 2.91. The minimum atomic E-state index is -0.320. The molecule has 0 aliphatic rings. The summed E-state index contributed by atoms with van der Waals surface area (Å²) in [6.07, 6.45) is 0.939. The van der Waals surface area contributed by atoms with E-state index in [9.17, 15) is 4.79 Å². The molecule has 0 aliphatic heterocycles. The lowest BCUT2D eigenvalue weighted by atomic mass is 10.3. The van der Waals surface area contributed by atoms with Gasteiger partial charge in [0.15, 0.2) is 0 Å². The Kier molecular flexibility index (Phi) is 3.79. The van der Waals surface area contributed by atoms with E-state index < -0.39 is 0 Å². The van der Waals surface area contributed by atoms with Gasteiger partial charge in [-0.2, -0.15) is 0 Å². The standard InChI is InChI=1S/C10H13NO3/c11-10(13)2-1-7-14-9-5-3-8(12)4-6-9/h3-6,12H,1-2,7H2,(H2,11,13). The lowest BCUT2D eigenvalue weighted by Gasteiger charge is -2.04. The SMILES string of the molecule is NC(=O)CCCOc1ccc(O)cc1. The van der Waals surface area contributed by atoms with Crippen LogP contribution in [-0.4, -0.2) is 17.6 Å². The zero-order valence-electron chi connectivity index (χ0n) is 7.77. The van der Waals surface area contributed by atoms with Gasteiger partial charge in [-0.25, -0.2) is 0 Å². The summed E-state index contributed by atoms with van der Waals surface area (Å²) in [5, 5.41) is 8.98. The first-order chi connectivity index (χ1) is 6.68. The summed E-state index contributed by atoms with van der Waals surface area (Å²) in [7, 11) is 0. The number of hydrogen-bond donors (Lipinski definition) is 2. The van der Waals surface area contributed by atoms with Gasteiger partial charge in [0.05, 0.1) is 6.61 Å². The highest BCUT2D eigenvalue weighted by Crippen LogP contribution is 2.15. The molecule has 0 aliphatic carbocycles. The zero-order chi connectivity index (χ0) is 10.4. The van der Waals surface area contributed by atoms with Crippen molar-refractivity contribution in [3.8, 4) is 11.5 Å². The van der Waals surface area contributed by atoms with Crippen molar-refractivity contribution in [1.29, 1.82) is 0 Å². The number of benzene rings is 1. The lowest BCUT2D eigenvalue weighted by molar-refractivity contribution is -0.118. The minimum Gasteiger partial charge on any atom is -0.508 e. The number of rotatable bonds is 5. The highest BCUT2D eigenvalue weighted by Gasteiger charge is 1.96.